The first kappa shape index (κ1) is 9.72. The van der Waals surface area contributed by atoms with Crippen molar-refractivity contribution >= 4 is 0 Å². The van der Waals surface area contributed by atoms with Gasteiger partial charge in [0.05, 0.1) is 0 Å². The van der Waals surface area contributed by atoms with Crippen LogP contribution in [-0.2, 0) is 0 Å². The van der Waals surface area contributed by atoms with E-state index in [0.717, 1.165) is 5.92 Å². The zero-order valence-corrected chi connectivity index (χ0v) is 9.03. The fraction of sp³-hybridized carbons (Fsp3) is 0.538. The van der Waals surface area contributed by atoms with Gasteiger partial charge in [-0.1, -0.05) is 38.1 Å². The SMILES string of the molecule is CC(C)c1ccc([C@H](N)C2CC2)cc1. The van der Waals surface area contributed by atoms with Crippen molar-refractivity contribution in [3.8, 4) is 0 Å². The topological polar surface area (TPSA) is 26.0 Å². The Kier molecular flexibility index (Phi) is 2.60. The van der Waals surface area contributed by atoms with E-state index in [1.807, 2.05) is 0 Å². The molecular weight excluding hydrogens is 170 g/mol. The minimum absolute atomic E-state index is 0.274. The van der Waals surface area contributed by atoms with Crippen molar-refractivity contribution in [2.24, 2.45) is 11.7 Å². The molecule has 0 spiro atoms. The molecule has 1 heteroatoms. The maximum absolute atomic E-state index is 6.13. The van der Waals surface area contributed by atoms with Crippen LogP contribution in [0.25, 0.3) is 0 Å². The number of rotatable bonds is 3. The lowest BCUT2D eigenvalue weighted by molar-refractivity contribution is 0.633. The van der Waals surface area contributed by atoms with E-state index < -0.39 is 0 Å². The minimum Gasteiger partial charge on any atom is -0.324 e. The van der Waals surface area contributed by atoms with E-state index in [-0.39, 0.29) is 6.04 Å². The van der Waals surface area contributed by atoms with Crippen LogP contribution < -0.4 is 5.73 Å². The van der Waals surface area contributed by atoms with Gasteiger partial charge in [-0.3, -0.25) is 0 Å². The fourth-order valence-electron chi connectivity index (χ4n) is 1.83. The van der Waals surface area contributed by atoms with Gasteiger partial charge in [-0.05, 0) is 35.8 Å². The Morgan fingerprint density at radius 2 is 1.57 bits per heavy atom. The first-order valence-electron chi connectivity index (χ1n) is 5.54. The first-order chi connectivity index (χ1) is 6.68. The molecule has 1 aliphatic carbocycles. The van der Waals surface area contributed by atoms with Gasteiger partial charge in [-0.25, -0.2) is 0 Å². The Bertz CT molecular complexity index is 296. The molecule has 0 radical (unpaired) electrons. The summed E-state index contributed by atoms with van der Waals surface area (Å²) < 4.78 is 0. The van der Waals surface area contributed by atoms with E-state index in [1.54, 1.807) is 0 Å². The van der Waals surface area contributed by atoms with Crippen molar-refractivity contribution in [2.45, 2.75) is 38.6 Å². The van der Waals surface area contributed by atoms with Gasteiger partial charge >= 0.3 is 0 Å². The average Bonchev–Trinajstić information content (AvgIpc) is 3.00. The standard InChI is InChI=1S/C13H19N/c1-9(2)10-3-5-11(6-4-10)13(14)12-7-8-12/h3-6,9,12-13H,7-8,14H2,1-2H3/t13-/m0/s1. The van der Waals surface area contributed by atoms with Gasteiger partial charge in [0.25, 0.3) is 0 Å². The second-order valence-corrected chi connectivity index (χ2v) is 4.68. The maximum Gasteiger partial charge on any atom is 0.0323 e. The quantitative estimate of drug-likeness (QED) is 0.776. The van der Waals surface area contributed by atoms with Crippen molar-refractivity contribution < 1.29 is 0 Å². The van der Waals surface area contributed by atoms with E-state index in [1.165, 1.54) is 24.0 Å². The molecule has 0 aliphatic heterocycles. The summed E-state index contributed by atoms with van der Waals surface area (Å²) in [6.45, 7) is 4.44. The Morgan fingerprint density at radius 1 is 1.07 bits per heavy atom. The third kappa shape index (κ3) is 1.98. The van der Waals surface area contributed by atoms with Crippen LogP contribution in [0, 0.1) is 5.92 Å². The van der Waals surface area contributed by atoms with Crippen LogP contribution in [0.3, 0.4) is 0 Å². The summed E-state index contributed by atoms with van der Waals surface area (Å²) in [6, 6.07) is 9.08. The molecule has 1 aliphatic rings. The maximum atomic E-state index is 6.13. The smallest absolute Gasteiger partial charge is 0.0323 e. The van der Waals surface area contributed by atoms with Crippen molar-refractivity contribution in [1.82, 2.24) is 0 Å². The molecule has 0 bridgehead atoms. The molecule has 1 aromatic rings. The Morgan fingerprint density at radius 3 is 2.00 bits per heavy atom. The zero-order chi connectivity index (χ0) is 10.1. The lowest BCUT2D eigenvalue weighted by Gasteiger charge is -2.12. The molecule has 1 aromatic carbocycles. The van der Waals surface area contributed by atoms with Gasteiger partial charge in [0, 0.05) is 6.04 Å². The van der Waals surface area contributed by atoms with E-state index in [2.05, 4.69) is 38.1 Å². The fourth-order valence-corrected chi connectivity index (χ4v) is 1.83. The molecule has 0 heterocycles. The molecule has 0 aromatic heterocycles. The normalized spacial score (nSPS) is 18.6. The zero-order valence-electron chi connectivity index (χ0n) is 9.03. The lowest BCUT2D eigenvalue weighted by atomic mass is 9.98. The van der Waals surface area contributed by atoms with Gasteiger partial charge in [-0.2, -0.15) is 0 Å². The molecule has 0 amide bonds. The summed E-state index contributed by atoms with van der Waals surface area (Å²) in [5, 5.41) is 0. The summed E-state index contributed by atoms with van der Waals surface area (Å²) >= 11 is 0. The van der Waals surface area contributed by atoms with Gasteiger partial charge in [0.2, 0.25) is 0 Å². The highest BCUT2D eigenvalue weighted by Gasteiger charge is 2.29. The molecule has 76 valence electrons. The Balaban J connectivity index is 2.12. The number of nitrogens with two attached hydrogens (primary N) is 1. The molecule has 1 atom stereocenters. The molecule has 14 heavy (non-hydrogen) atoms. The predicted octanol–water partition coefficient (Wildman–Crippen LogP) is 3.22. The van der Waals surface area contributed by atoms with Gasteiger partial charge in [0.15, 0.2) is 0 Å². The first-order valence-corrected chi connectivity index (χ1v) is 5.54. The van der Waals surface area contributed by atoms with Crippen molar-refractivity contribution in [3.05, 3.63) is 35.4 Å². The van der Waals surface area contributed by atoms with Crippen LogP contribution in [0.15, 0.2) is 24.3 Å². The molecule has 0 unspecified atom stereocenters. The third-order valence-corrected chi connectivity index (χ3v) is 3.12. The van der Waals surface area contributed by atoms with Crippen LogP contribution >= 0.6 is 0 Å². The number of hydrogen-bond acceptors (Lipinski definition) is 1. The van der Waals surface area contributed by atoms with E-state index in [4.69, 9.17) is 5.73 Å². The highest BCUT2D eigenvalue weighted by Crippen LogP contribution is 2.39. The average molecular weight is 189 g/mol. The molecular formula is C13H19N. The third-order valence-electron chi connectivity index (χ3n) is 3.12. The molecule has 0 saturated heterocycles. The minimum atomic E-state index is 0.274. The Hall–Kier alpha value is -0.820. The van der Waals surface area contributed by atoms with Crippen LogP contribution in [-0.4, -0.2) is 0 Å². The summed E-state index contributed by atoms with van der Waals surface area (Å²) in [5.41, 5.74) is 8.83. The highest BCUT2D eigenvalue weighted by molar-refractivity contribution is 5.27. The summed E-state index contributed by atoms with van der Waals surface area (Å²) in [6.07, 6.45) is 2.63. The summed E-state index contributed by atoms with van der Waals surface area (Å²) in [7, 11) is 0. The summed E-state index contributed by atoms with van der Waals surface area (Å²) in [4.78, 5) is 0. The van der Waals surface area contributed by atoms with Crippen molar-refractivity contribution in [3.63, 3.8) is 0 Å². The largest absolute Gasteiger partial charge is 0.324 e. The molecule has 1 fully saturated rings. The summed E-state index contributed by atoms with van der Waals surface area (Å²) in [5.74, 6) is 1.36. The molecule has 1 nitrogen and oxygen atoms in total. The van der Waals surface area contributed by atoms with Crippen LogP contribution in [0.4, 0.5) is 0 Å². The number of benzene rings is 1. The van der Waals surface area contributed by atoms with E-state index >= 15 is 0 Å². The van der Waals surface area contributed by atoms with E-state index in [0.29, 0.717) is 5.92 Å². The second-order valence-electron chi connectivity index (χ2n) is 4.68. The van der Waals surface area contributed by atoms with E-state index in [9.17, 15) is 0 Å². The van der Waals surface area contributed by atoms with Gasteiger partial charge in [0.1, 0.15) is 0 Å². The van der Waals surface area contributed by atoms with Crippen LogP contribution in [0.5, 0.6) is 0 Å². The van der Waals surface area contributed by atoms with Gasteiger partial charge in [-0.15, -0.1) is 0 Å². The van der Waals surface area contributed by atoms with Crippen LogP contribution in [0.1, 0.15) is 49.8 Å². The number of hydrogen-bond donors (Lipinski definition) is 1. The highest BCUT2D eigenvalue weighted by atomic mass is 14.7. The lowest BCUT2D eigenvalue weighted by Crippen LogP contribution is -2.12. The second kappa shape index (κ2) is 3.74. The monoisotopic (exact) mass is 189 g/mol. The van der Waals surface area contributed by atoms with Gasteiger partial charge < -0.3 is 5.73 Å². The Labute approximate surface area is 86.3 Å². The molecule has 2 N–H and O–H groups in total. The van der Waals surface area contributed by atoms with Crippen molar-refractivity contribution in [2.75, 3.05) is 0 Å². The molecule has 1 saturated carbocycles. The predicted molar refractivity (Wildman–Crippen MR) is 60.2 cm³/mol. The van der Waals surface area contributed by atoms with Crippen LogP contribution in [0.2, 0.25) is 0 Å². The molecule has 2 rings (SSSR count). The van der Waals surface area contributed by atoms with Crippen molar-refractivity contribution in [1.29, 1.82) is 0 Å².